The van der Waals surface area contributed by atoms with Gasteiger partial charge in [-0.2, -0.15) is 10.4 Å². The molecule has 0 saturated heterocycles. The van der Waals surface area contributed by atoms with Crippen molar-refractivity contribution in [2.24, 2.45) is 5.10 Å². The second-order valence-electron chi connectivity index (χ2n) is 5.75. The summed E-state index contributed by atoms with van der Waals surface area (Å²) >= 11 is 5.80. The third-order valence-corrected chi connectivity index (χ3v) is 4.09. The molecule has 1 aliphatic rings. The Bertz CT molecular complexity index is 1160. The molecule has 10 heteroatoms. The first-order valence-corrected chi connectivity index (χ1v) is 8.54. The lowest BCUT2D eigenvalue weighted by atomic mass is 10.1. The van der Waals surface area contributed by atoms with Gasteiger partial charge in [0, 0.05) is 16.8 Å². The van der Waals surface area contributed by atoms with E-state index in [9.17, 15) is 14.9 Å². The van der Waals surface area contributed by atoms with E-state index in [1.807, 2.05) is 0 Å². The van der Waals surface area contributed by atoms with E-state index in [1.54, 1.807) is 36.4 Å². The minimum absolute atomic E-state index is 0.234. The Balaban J connectivity index is 1.76. The second-order valence-corrected chi connectivity index (χ2v) is 6.19. The van der Waals surface area contributed by atoms with Crippen molar-refractivity contribution < 1.29 is 9.21 Å². The maximum atomic E-state index is 12.2. The summed E-state index contributed by atoms with van der Waals surface area (Å²) in [7, 11) is 0. The number of amides is 1. The number of rotatable bonds is 5. The monoisotopic (exact) mass is 398 g/mol. The van der Waals surface area contributed by atoms with Crippen LogP contribution in [0.15, 0.2) is 44.6 Å². The van der Waals surface area contributed by atoms with Crippen molar-refractivity contribution in [2.45, 2.75) is 12.8 Å². The molecule has 9 nitrogen and oxygen atoms in total. The number of anilines is 2. The van der Waals surface area contributed by atoms with Gasteiger partial charge in [-0.1, -0.05) is 11.6 Å². The van der Waals surface area contributed by atoms with Crippen LogP contribution in [-0.4, -0.2) is 11.6 Å². The number of carbonyl (C=O) groups excluding carboxylic acids is 1. The van der Waals surface area contributed by atoms with Crippen LogP contribution in [0.4, 0.5) is 11.4 Å². The lowest BCUT2D eigenvalue weighted by molar-refractivity contribution is -0.115. The van der Waals surface area contributed by atoms with Crippen LogP contribution in [0.2, 0.25) is 5.02 Å². The molecule has 1 aromatic heterocycles. The predicted octanol–water partition coefficient (Wildman–Crippen LogP) is 0.170. The Hall–Kier alpha value is -3.77. The number of hydrogen-bond donors (Lipinski definition) is 4. The van der Waals surface area contributed by atoms with Crippen LogP contribution in [0.5, 0.6) is 0 Å². The summed E-state index contributed by atoms with van der Waals surface area (Å²) in [6.45, 7) is 0. The molecule has 0 atom stereocenters. The maximum absolute atomic E-state index is 12.2. The fourth-order valence-electron chi connectivity index (χ4n) is 2.56. The summed E-state index contributed by atoms with van der Waals surface area (Å²) in [6.07, 6.45) is 2.88. The molecule has 1 amide bonds. The summed E-state index contributed by atoms with van der Waals surface area (Å²) < 4.78 is 5.12. The Morgan fingerprint density at radius 3 is 2.79 bits per heavy atom. The van der Waals surface area contributed by atoms with Crippen molar-refractivity contribution in [1.29, 1.82) is 5.26 Å². The minimum Gasteiger partial charge on any atom is -0.423 e. The normalized spacial score (nSPS) is 13.0. The molecule has 2 aromatic rings. The third kappa shape index (κ3) is 4.31. The lowest BCUT2D eigenvalue weighted by Gasteiger charge is -2.14. The Kier molecular flexibility index (Phi) is 5.62. The summed E-state index contributed by atoms with van der Waals surface area (Å²) in [4.78, 5) is 23.7. The zero-order valence-corrected chi connectivity index (χ0v) is 15.2. The average molecular weight is 399 g/mol. The quantitative estimate of drug-likeness (QED) is 0.415. The van der Waals surface area contributed by atoms with Gasteiger partial charge in [-0.05, 0) is 43.2 Å². The van der Waals surface area contributed by atoms with Crippen molar-refractivity contribution in [2.75, 3.05) is 11.2 Å². The summed E-state index contributed by atoms with van der Waals surface area (Å²) in [6, 6.07) is 9.47. The van der Waals surface area contributed by atoms with Crippen LogP contribution in [0.3, 0.4) is 0 Å². The van der Waals surface area contributed by atoms with Crippen molar-refractivity contribution in [3.63, 3.8) is 0 Å². The van der Waals surface area contributed by atoms with Crippen LogP contribution < -0.4 is 38.3 Å². The Morgan fingerprint density at radius 2 is 2.07 bits per heavy atom. The highest BCUT2D eigenvalue weighted by molar-refractivity contribution is 6.45. The highest BCUT2D eigenvalue weighted by atomic mass is 35.5. The third-order valence-electron chi connectivity index (χ3n) is 3.83. The van der Waals surface area contributed by atoms with E-state index < -0.39 is 17.2 Å². The molecule has 3 rings (SSSR count). The number of nitrogens with one attached hydrogen (secondary N) is 3. The molecule has 0 saturated carbocycles. The molecule has 1 aliphatic carbocycles. The zero-order chi connectivity index (χ0) is 20.1. The van der Waals surface area contributed by atoms with E-state index in [2.05, 4.69) is 21.4 Å². The number of nitrogens with two attached hydrogens (primary N) is 1. The largest absolute Gasteiger partial charge is 0.423 e. The number of hydrogen-bond acceptors (Lipinski definition) is 8. The first-order valence-electron chi connectivity index (χ1n) is 8.16. The van der Waals surface area contributed by atoms with Crippen molar-refractivity contribution >= 4 is 46.4 Å². The maximum Gasteiger partial charge on any atom is 0.338 e. The lowest BCUT2D eigenvalue weighted by Crippen LogP contribution is -2.46. The molecule has 28 heavy (non-hydrogen) atoms. The van der Waals surface area contributed by atoms with Crippen LogP contribution >= 0.6 is 11.6 Å². The first-order chi connectivity index (χ1) is 13.5. The number of carbonyl (C=O) groups is 1. The number of benzene rings is 1. The molecule has 1 aromatic carbocycles. The molecule has 5 N–H and O–H groups in total. The highest BCUT2D eigenvalue weighted by Crippen LogP contribution is 2.13. The molecule has 0 bridgehead atoms. The van der Waals surface area contributed by atoms with Gasteiger partial charge in [0.25, 0.3) is 0 Å². The number of fused-ring (bicyclic) bond motifs is 1. The number of nitrogen functional groups attached to an aromatic ring is 1. The van der Waals surface area contributed by atoms with E-state index in [0.29, 0.717) is 39.9 Å². The fraction of sp³-hybridized carbons (Fsp3) is 0.111. The van der Waals surface area contributed by atoms with E-state index in [4.69, 9.17) is 21.8 Å². The van der Waals surface area contributed by atoms with Crippen molar-refractivity contribution in [1.82, 2.24) is 10.9 Å². The van der Waals surface area contributed by atoms with E-state index in [-0.39, 0.29) is 5.69 Å². The van der Waals surface area contributed by atoms with Crippen molar-refractivity contribution in [3.8, 4) is 6.07 Å². The van der Waals surface area contributed by atoms with Gasteiger partial charge in [0.15, 0.2) is 0 Å². The van der Waals surface area contributed by atoms with Gasteiger partial charge in [0.1, 0.15) is 11.5 Å². The van der Waals surface area contributed by atoms with Gasteiger partial charge in [-0.15, -0.1) is 0 Å². The number of nitrogens with zero attached hydrogens (tertiary/aromatic N) is 2. The van der Waals surface area contributed by atoms with Gasteiger partial charge in [-0.3, -0.25) is 15.6 Å². The average Bonchev–Trinajstić information content (AvgIpc) is 2.67. The smallest absolute Gasteiger partial charge is 0.338 e. The highest BCUT2D eigenvalue weighted by Gasteiger charge is 2.14. The number of nitriles is 1. The van der Waals surface area contributed by atoms with Gasteiger partial charge in [-0.25, -0.2) is 4.79 Å². The molecule has 0 fully saturated rings. The van der Waals surface area contributed by atoms with Gasteiger partial charge in [0.05, 0.1) is 16.6 Å². The van der Waals surface area contributed by atoms with Crippen LogP contribution in [-0.2, 0) is 4.79 Å². The standard InChI is InChI=1S/C18H15ClN6O3/c19-10-4-6-11(7-5-10)22-24-14(9-20)18(27)25-23-13-2-1-3-15-17(13)12(21)8-16(26)28-15/h3-8,22-23H,1-2,21H2,(H,25,27). The topological polar surface area (TPSA) is 146 Å². The number of halogens is 1. The zero-order valence-electron chi connectivity index (χ0n) is 14.5. The molecule has 0 spiro atoms. The Morgan fingerprint density at radius 1 is 1.32 bits per heavy atom. The van der Waals surface area contributed by atoms with E-state index >= 15 is 0 Å². The molecule has 1 heterocycles. The number of hydrazone groups is 1. The summed E-state index contributed by atoms with van der Waals surface area (Å²) in [5.41, 5.74) is 14.4. The molecule has 0 unspecified atom stereocenters. The van der Waals surface area contributed by atoms with E-state index in [0.717, 1.165) is 0 Å². The van der Waals surface area contributed by atoms with Gasteiger partial charge in [0.2, 0.25) is 5.71 Å². The van der Waals surface area contributed by atoms with Gasteiger partial charge < -0.3 is 15.6 Å². The molecule has 0 aliphatic heterocycles. The van der Waals surface area contributed by atoms with Crippen LogP contribution in [0.25, 0.3) is 11.8 Å². The van der Waals surface area contributed by atoms with E-state index in [1.165, 1.54) is 6.07 Å². The Labute approximate surface area is 163 Å². The number of hydrazine groups is 1. The second kappa shape index (κ2) is 8.28. The minimum atomic E-state index is -0.747. The summed E-state index contributed by atoms with van der Waals surface area (Å²) in [5.74, 6) is -0.747. The van der Waals surface area contributed by atoms with Gasteiger partial charge >= 0.3 is 11.5 Å². The summed E-state index contributed by atoms with van der Waals surface area (Å²) in [5, 5.41) is 14.0. The van der Waals surface area contributed by atoms with Crippen molar-refractivity contribution in [3.05, 3.63) is 56.4 Å². The molecule has 142 valence electrons. The van der Waals surface area contributed by atoms with Crippen LogP contribution in [0.1, 0.15) is 12.8 Å². The molecule has 0 radical (unpaired) electrons. The molecular weight excluding hydrogens is 384 g/mol. The fourth-order valence-corrected chi connectivity index (χ4v) is 2.68. The molecular formula is C18H15ClN6O3. The SMILES string of the molecule is N#CC(=NNc1ccc(Cl)cc1)C(=O)NNC1=c2c(N)cc(=O)oc2=CCC1. The van der Waals surface area contributed by atoms with Crippen LogP contribution in [0, 0.1) is 11.3 Å². The predicted molar refractivity (Wildman–Crippen MR) is 105 cm³/mol. The first kappa shape index (κ1) is 19.0.